The van der Waals surface area contributed by atoms with Crippen LogP contribution in [-0.4, -0.2) is 57.4 Å². The first-order chi connectivity index (χ1) is 16.9. The predicted octanol–water partition coefficient (Wildman–Crippen LogP) is 3.76. The Kier molecular flexibility index (Phi) is 5.47. The second-order valence-electron chi connectivity index (χ2n) is 12.0. The molecule has 1 saturated heterocycles. The number of imidazole rings is 1. The number of hydrogen-bond acceptors (Lipinski definition) is 4. The third-order valence-electron chi connectivity index (χ3n) is 10.0. The lowest BCUT2D eigenvalue weighted by Gasteiger charge is -2.73. The van der Waals surface area contributed by atoms with Crippen molar-refractivity contribution in [2.45, 2.75) is 58.8 Å². The van der Waals surface area contributed by atoms with Crippen molar-refractivity contribution in [1.82, 2.24) is 19.6 Å². The van der Waals surface area contributed by atoms with Crippen molar-refractivity contribution in [3.63, 3.8) is 0 Å². The second kappa shape index (κ2) is 8.32. The van der Waals surface area contributed by atoms with Gasteiger partial charge in [-0.15, -0.1) is 0 Å². The topological polar surface area (TPSA) is 86.9 Å². The molecule has 7 nitrogen and oxygen atoms in total. The van der Waals surface area contributed by atoms with E-state index in [4.69, 9.17) is 5.11 Å². The third-order valence-corrected chi connectivity index (χ3v) is 10.0. The van der Waals surface area contributed by atoms with Crippen molar-refractivity contribution in [2.75, 3.05) is 26.2 Å². The molecule has 6 unspecified atom stereocenters. The Morgan fingerprint density at radius 1 is 1.20 bits per heavy atom. The van der Waals surface area contributed by atoms with E-state index < -0.39 is 0 Å². The monoisotopic (exact) mass is 478 g/mol. The Balaban J connectivity index is 0.000000534. The van der Waals surface area contributed by atoms with Gasteiger partial charge in [-0.25, -0.2) is 4.98 Å². The molecule has 2 amide bonds. The van der Waals surface area contributed by atoms with Gasteiger partial charge in [-0.3, -0.25) is 14.0 Å². The van der Waals surface area contributed by atoms with Gasteiger partial charge in [0.25, 0.3) is 11.8 Å². The Labute approximate surface area is 207 Å². The van der Waals surface area contributed by atoms with E-state index in [1.807, 2.05) is 30.0 Å². The van der Waals surface area contributed by atoms with Crippen LogP contribution in [0.15, 0.2) is 24.4 Å². The molecular weight excluding hydrogens is 440 g/mol. The van der Waals surface area contributed by atoms with Crippen molar-refractivity contribution in [1.29, 1.82) is 0 Å². The summed E-state index contributed by atoms with van der Waals surface area (Å²) in [6.07, 6.45) is 10.6. The first-order valence-electron chi connectivity index (χ1n) is 13.6. The van der Waals surface area contributed by atoms with E-state index in [9.17, 15) is 9.59 Å². The normalized spacial score (nSPS) is 35.7. The van der Waals surface area contributed by atoms with Gasteiger partial charge < -0.3 is 15.3 Å². The number of nitrogens with zero attached hydrogens (tertiary/aromatic N) is 3. The highest BCUT2D eigenvalue weighted by Gasteiger charge is 2.80. The molecule has 5 fully saturated rings. The number of fused-ring (bicyclic) bond motifs is 2. The Morgan fingerprint density at radius 3 is 2.71 bits per heavy atom. The number of rotatable bonds is 5. The molecule has 35 heavy (non-hydrogen) atoms. The molecule has 2 aromatic heterocycles. The number of nitrogens with one attached hydrogen (secondary N) is 1. The maximum absolute atomic E-state index is 13.2. The summed E-state index contributed by atoms with van der Waals surface area (Å²) in [6, 6.07) is 5.56. The Morgan fingerprint density at radius 2 is 2.03 bits per heavy atom. The van der Waals surface area contributed by atoms with E-state index >= 15 is 0 Å². The SMILES string of the molecule is CC1CCN(C(=O)c2cn3c(C(=O)NCC45CC6CC7CC(C4)C75C6)cccc3n2)C1.CCCO. The molecular formula is C28H38N4O3. The number of carbonyl (C=O) groups is 2. The van der Waals surface area contributed by atoms with Crippen molar-refractivity contribution < 1.29 is 14.7 Å². The fraction of sp³-hybridized carbons (Fsp3) is 0.679. The molecule has 4 saturated carbocycles. The summed E-state index contributed by atoms with van der Waals surface area (Å²) in [5.74, 6) is 3.21. The minimum absolute atomic E-state index is 0.0316. The molecule has 2 bridgehead atoms. The van der Waals surface area contributed by atoms with Crippen LogP contribution in [0.3, 0.4) is 0 Å². The zero-order valence-corrected chi connectivity index (χ0v) is 21.0. The van der Waals surface area contributed by atoms with Gasteiger partial charge in [0.1, 0.15) is 17.0 Å². The predicted molar refractivity (Wildman–Crippen MR) is 133 cm³/mol. The molecule has 3 heterocycles. The van der Waals surface area contributed by atoms with Gasteiger partial charge in [0.2, 0.25) is 0 Å². The van der Waals surface area contributed by atoms with E-state index in [0.717, 1.165) is 50.2 Å². The van der Waals surface area contributed by atoms with E-state index in [-0.39, 0.29) is 11.8 Å². The van der Waals surface area contributed by atoms with Crippen LogP contribution in [0.4, 0.5) is 0 Å². The van der Waals surface area contributed by atoms with Crippen LogP contribution in [0.2, 0.25) is 0 Å². The van der Waals surface area contributed by atoms with Crippen LogP contribution in [-0.2, 0) is 0 Å². The number of carbonyl (C=O) groups excluding carboxylic acids is 2. The van der Waals surface area contributed by atoms with E-state index in [2.05, 4.69) is 17.2 Å². The van der Waals surface area contributed by atoms with Gasteiger partial charge in [-0.2, -0.15) is 0 Å². The molecule has 0 radical (unpaired) electrons. The van der Waals surface area contributed by atoms with Crippen LogP contribution in [0, 0.1) is 34.5 Å². The number of hydrogen-bond donors (Lipinski definition) is 2. The van der Waals surface area contributed by atoms with Crippen molar-refractivity contribution in [3.8, 4) is 0 Å². The fourth-order valence-electron chi connectivity index (χ4n) is 8.63. The highest BCUT2D eigenvalue weighted by molar-refractivity contribution is 5.95. The quantitative estimate of drug-likeness (QED) is 0.685. The number of aliphatic hydroxyl groups excluding tert-OH is 1. The summed E-state index contributed by atoms with van der Waals surface area (Å²) >= 11 is 0. The lowest BCUT2D eigenvalue weighted by molar-refractivity contribution is -0.240. The van der Waals surface area contributed by atoms with Gasteiger partial charge in [0.05, 0.1) is 0 Å². The molecule has 7 rings (SSSR count). The maximum atomic E-state index is 13.2. The molecule has 1 aliphatic heterocycles. The zero-order chi connectivity index (χ0) is 24.4. The summed E-state index contributed by atoms with van der Waals surface area (Å²) in [6.45, 7) is 6.80. The van der Waals surface area contributed by atoms with E-state index in [1.54, 1.807) is 10.6 Å². The molecule has 2 N–H and O–H groups in total. The number of amides is 2. The third kappa shape index (κ3) is 3.30. The lowest BCUT2D eigenvalue weighted by Crippen LogP contribution is -2.69. The lowest BCUT2D eigenvalue weighted by atomic mass is 9.32. The van der Waals surface area contributed by atoms with Crippen LogP contribution in [0.5, 0.6) is 0 Å². The number of aliphatic hydroxyl groups is 1. The smallest absolute Gasteiger partial charge is 0.274 e. The van der Waals surface area contributed by atoms with Crippen LogP contribution < -0.4 is 5.32 Å². The molecule has 6 atom stereocenters. The van der Waals surface area contributed by atoms with Gasteiger partial charge in [-0.05, 0) is 91.6 Å². The summed E-state index contributed by atoms with van der Waals surface area (Å²) in [7, 11) is 0. The molecule has 0 aromatic carbocycles. The van der Waals surface area contributed by atoms with Gasteiger partial charge in [-0.1, -0.05) is 19.9 Å². The minimum atomic E-state index is -0.0512. The van der Waals surface area contributed by atoms with E-state index in [1.165, 1.54) is 32.1 Å². The molecule has 4 aliphatic carbocycles. The number of pyridine rings is 1. The molecule has 1 spiro atoms. The zero-order valence-electron chi connectivity index (χ0n) is 21.0. The molecule has 7 heteroatoms. The van der Waals surface area contributed by atoms with E-state index in [0.29, 0.717) is 40.4 Å². The first-order valence-corrected chi connectivity index (χ1v) is 13.6. The minimum Gasteiger partial charge on any atom is -0.396 e. The largest absolute Gasteiger partial charge is 0.396 e. The second-order valence-corrected chi connectivity index (χ2v) is 12.0. The average molecular weight is 479 g/mol. The summed E-state index contributed by atoms with van der Waals surface area (Å²) in [5.41, 5.74) is 2.58. The summed E-state index contributed by atoms with van der Waals surface area (Å²) in [4.78, 5) is 32.5. The maximum Gasteiger partial charge on any atom is 0.274 e. The van der Waals surface area contributed by atoms with Crippen LogP contribution >= 0.6 is 0 Å². The molecule has 188 valence electrons. The van der Waals surface area contributed by atoms with Crippen LogP contribution in [0.1, 0.15) is 79.8 Å². The highest BCUT2D eigenvalue weighted by Crippen LogP contribution is 2.86. The van der Waals surface area contributed by atoms with Crippen molar-refractivity contribution in [3.05, 3.63) is 35.8 Å². The van der Waals surface area contributed by atoms with Gasteiger partial charge >= 0.3 is 0 Å². The Hall–Kier alpha value is -2.41. The number of aromatic nitrogens is 2. The average Bonchev–Trinajstić information content (AvgIpc) is 3.60. The van der Waals surface area contributed by atoms with Crippen LogP contribution in [0.25, 0.3) is 5.65 Å². The highest BCUT2D eigenvalue weighted by atomic mass is 16.2. The molecule has 2 aromatic rings. The summed E-state index contributed by atoms with van der Waals surface area (Å²) in [5, 5.41) is 11.2. The van der Waals surface area contributed by atoms with Crippen molar-refractivity contribution in [2.24, 2.45) is 34.5 Å². The molecule has 5 aliphatic rings. The number of likely N-dealkylation sites (tertiary alicyclic amines) is 1. The van der Waals surface area contributed by atoms with Crippen molar-refractivity contribution >= 4 is 17.5 Å². The van der Waals surface area contributed by atoms with Gasteiger partial charge in [0, 0.05) is 32.4 Å². The first kappa shape index (κ1) is 23.0. The fourth-order valence-corrected chi connectivity index (χ4v) is 8.63. The standard InChI is InChI=1S/C25H30N4O2.C3H8O/c1-15-5-6-28(12-15)23(31)19-13-29-20(3-2-4-21(29)27-19)22(30)26-14-24-9-16-7-17-8-18(11-24)25(17,24)10-16;1-2-3-4/h2-4,13,15-18H,5-12,14H2,1H3,(H,26,30);4H,2-3H2,1H3. The van der Waals surface area contributed by atoms with Gasteiger partial charge in [0.15, 0.2) is 0 Å². The Bertz CT molecular complexity index is 1160. The summed E-state index contributed by atoms with van der Waals surface area (Å²) < 4.78 is 1.79.